The molecule has 0 radical (unpaired) electrons. The smallest absolute Gasteiger partial charge is 0.370 e. The number of hydrogen-bond acceptors (Lipinski definition) is 4. The number of halogens is 1. The van der Waals surface area contributed by atoms with Gasteiger partial charge >= 0.3 is 5.97 Å². The van der Waals surface area contributed by atoms with Crippen molar-refractivity contribution in [3.8, 4) is 0 Å². The molecule has 0 amide bonds. The summed E-state index contributed by atoms with van der Waals surface area (Å²) >= 11 is 4.93. The number of hydrogen-bond donors (Lipinski definition) is 4. The number of carboxylic acid groups (broad SMARTS) is 1. The van der Waals surface area contributed by atoms with Crippen LogP contribution in [0.15, 0.2) is 10.9 Å². The Morgan fingerprint density at radius 2 is 2.50 bits per heavy atom. The predicted molar refractivity (Wildman–Crippen MR) is 65.8 cm³/mol. The molecule has 0 atom stereocenters. The predicted octanol–water partition coefficient (Wildman–Crippen LogP) is 1.06. The molecule has 1 heterocycles. The fourth-order valence-corrected chi connectivity index (χ4v) is 2.23. The number of nitrogens with one attached hydrogen (secondary N) is 3. The zero-order chi connectivity index (χ0) is 12.0. The van der Waals surface area contributed by atoms with Crippen molar-refractivity contribution in [3.05, 3.63) is 16.6 Å². The highest BCUT2D eigenvalue weighted by Crippen LogP contribution is 2.16. The van der Waals surface area contributed by atoms with Crippen molar-refractivity contribution >= 4 is 39.5 Å². The first-order valence-electron chi connectivity index (χ1n) is 4.42. The lowest BCUT2D eigenvalue weighted by atomic mass is 10.5. The van der Waals surface area contributed by atoms with Crippen LogP contribution in [0.2, 0.25) is 0 Å². The number of carboxylic acids is 1. The molecule has 1 rings (SSSR count). The average molecular weight is 307 g/mol. The van der Waals surface area contributed by atoms with E-state index >= 15 is 0 Å². The van der Waals surface area contributed by atoms with Gasteiger partial charge in [0.25, 0.3) is 0 Å². The largest absolute Gasteiger partial charge is 0.475 e. The lowest BCUT2D eigenvalue weighted by Gasteiger charge is -2.03. The molecule has 0 bridgehead atoms. The van der Waals surface area contributed by atoms with Gasteiger partial charge in [0.2, 0.25) is 5.84 Å². The van der Waals surface area contributed by atoms with Gasteiger partial charge in [-0.3, -0.25) is 5.41 Å². The fraction of sp³-hybridized carbons (Fsp3) is 0.375. The number of H-pyrrole nitrogens is 1. The van der Waals surface area contributed by atoms with Gasteiger partial charge in [-0.1, -0.05) is 0 Å². The molecule has 4 N–H and O–H groups in total. The summed E-state index contributed by atoms with van der Waals surface area (Å²) in [5.74, 6) is -0.247. The molecular weight excluding hydrogens is 296 g/mol. The van der Waals surface area contributed by atoms with Crippen LogP contribution in [0.5, 0.6) is 0 Å². The maximum Gasteiger partial charge on any atom is 0.370 e. The second kappa shape index (κ2) is 6.54. The van der Waals surface area contributed by atoms with Crippen LogP contribution in [0.3, 0.4) is 0 Å². The third-order valence-electron chi connectivity index (χ3n) is 1.67. The van der Waals surface area contributed by atoms with Crippen LogP contribution < -0.4 is 5.32 Å². The molecule has 0 saturated carbocycles. The van der Waals surface area contributed by atoms with E-state index in [9.17, 15) is 4.79 Å². The molecule has 0 aliphatic heterocycles. The van der Waals surface area contributed by atoms with E-state index in [1.54, 1.807) is 18.1 Å². The van der Waals surface area contributed by atoms with Gasteiger partial charge in [-0.15, -0.1) is 0 Å². The zero-order valence-corrected chi connectivity index (χ0v) is 10.7. The molecule has 0 fully saturated rings. The zero-order valence-electron chi connectivity index (χ0n) is 8.29. The quantitative estimate of drug-likeness (QED) is 0.370. The monoisotopic (exact) mass is 306 g/mol. The second-order valence-electron chi connectivity index (χ2n) is 2.82. The summed E-state index contributed by atoms with van der Waals surface area (Å²) < 4.78 is 0.867. The van der Waals surface area contributed by atoms with Crippen LogP contribution in [0.25, 0.3) is 0 Å². The van der Waals surface area contributed by atoms with Gasteiger partial charge in [0.05, 0.1) is 12.0 Å². The van der Waals surface area contributed by atoms with Gasteiger partial charge in [-0.2, -0.15) is 11.8 Å². The Morgan fingerprint density at radius 3 is 3.06 bits per heavy atom. The lowest BCUT2D eigenvalue weighted by molar-refractivity contribution is -0.129. The summed E-state index contributed by atoms with van der Waals surface area (Å²) in [5.41, 5.74) is 0.929. The van der Waals surface area contributed by atoms with Crippen LogP contribution in [-0.2, 0) is 10.5 Å². The van der Waals surface area contributed by atoms with Crippen molar-refractivity contribution in [1.29, 1.82) is 5.41 Å². The van der Waals surface area contributed by atoms with Crippen LogP contribution in [-0.4, -0.2) is 39.2 Å². The SMILES string of the molecule is N=C(NCCSCc1nc[nH]c1Br)C(=O)O. The maximum absolute atomic E-state index is 10.3. The number of aromatic nitrogens is 2. The Bertz CT molecular complexity index is 382. The van der Waals surface area contributed by atoms with Gasteiger partial charge in [-0.25, -0.2) is 9.78 Å². The third kappa shape index (κ3) is 4.23. The minimum Gasteiger partial charge on any atom is -0.475 e. The number of carbonyl (C=O) groups is 1. The number of aliphatic carboxylic acids is 1. The van der Waals surface area contributed by atoms with Gasteiger partial charge in [0.15, 0.2) is 0 Å². The molecule has 0 aliphatic rings. The summed E-state index contributed by atoms with van der Waals surface area (Å²) in [7, 11) is 0. The molecule has 6 nitrogen and oxygen atoms in total. The molecule has 0 unspecified atom stereocenters. The van der Waals surface area contributed by atoms with Gasteiger partial charge < -0.3 is 15.4 Å². The van der Waals surface area contributed by atoms with Crippen molar-refractivity contribution in [2.45, 2.75) is 5.75 Å². The lowest BCUT2D eigenvalue weighted by Crippen LogP contribution is -2.31. The molecule has 1 aromatic heterocycles. The number of imidazole rings is 1. The molecule has 0 aliphatic carbocycles. The Morgan fingerprint density at radius 1 is 1.75 bits per heavy atom. The molecular formula is C8H11BrN4O2S. The van der Waals surface area contributed by atoms with E-state index in [2.05, 4.69) is 31.2 Å². The number of nitrogens with zero attached hydrogens (tertiary/aromatic N) is 1. The van der Waals surface area contributed by atoms with Crippen molar-refractivity contribution in [2.75, 3.05) is 12.3 Å². The average Bonchev–Trinajstić information content (AvgIpc) is 2.63. The number of thioether (sulfide) groups is 1. The van der Waals surface area contributed by atoms with E-state index in [1.165, 1.54) is 0 Å². The van der Waals surface area contributed by atoms with Crippen LogP contribution >= 0.6 is 27.7 Å². The first kappa shape index (κ1) is 13.0. The Labute approximate surface area is 105 Å². The molecule has 0 aromatic carbocycles. The normalized spacial score (nSPS) is 10.1. The van der Waals surface area contributed by atoms with Crippen molar-refractivity contribution < 1.29 is 9.90 Å². The minimum absolute atomic E-state index is 0.456. The Hall–Kier alpha value is -1.02. The second-order valence-corrected chi connectivity index (χ2v) is 4.72. The molecule has 0 spiro atoms. The van der Waals surface area contributed by atoms with Crippen LogP contribution in [0.1, 0.15) is 5.69 Å². The van der Waals surface area contributed by atoms with Crippen molar-refractivity contribution in [2.24, 2.45) is 0 Å². The van der Waals surface area contributed by atoms with E-state index in [4.69, 9.17) is 10.5 Å². The highest BCUT2D eigenvalue weighted by atomic mass is 79.9. The van der Waals surface area contributed by atoms with E-state index in [0.29, 0.717) is 6.54 Å². The Kier molecular flexibility index (Phi) is 5.33. The highest BCUT2D eigenvalue weighted by Gasteiger charge is 2.05. The standard InChI is InChI=1S/C8H11BrN4O2S/c9-6-5(12-4-13-6)3-16-2-1-11-7(10)8(14)15/h4H,1-3H2,(H2,10,11)(H,12,13)(H,14,15). The van der Waals surface area contributed by atoms with Crippen LogP contribution in [0, 0.1) is 5.41 Å². The van der Waals surface area contributed by atoms with Crippen molar-refractivity contribution in [3.63, 3.8) is 0 Å². The minimum atomic E-state index is -1.24. The maximum atomic E-state index is 10.3. The topological polar surface area (TPSA) is 102 Å². The van der Waals surface area contributed by atoms with Crippen molar-refractivity contribution in [1.82, 2.24) is 15.3 Å². The molecule has 1 aromatic rings. The van der Waals surface area contributed by atoms with Gasteiger partial charge in [-0.05, 0) is 15.9 Å². The highest BCUT2D eigenvalue weighted by molar-refractivity contribution is 9.10. The third-order valence-corrected chi connectivity index (χ3v) is 3.32. The molecule has 0 saturated heterocycles. The summed E-state index contributed by atoms with van der Waals surface area (Å²) in [5, 5.41) is 17.9. The van der Waals surface area contributed by atoms with E-state index in [-0.39, 0.29) is 0 Å². The number of rotatable bonds is 5. The van der Waals surface area contributed by atoms with Gasteiger partial charge in [0.1, 0.15) is 4.60 Å². The summed E-state index contributed by atoms with van der Waals surface area (Å²) in [6.45, 7) is 0.456. The summed E-state index contributed by atoms with van der Waals surface area (Å²) in [4.78, 5) is 17.3. The first-order valence-corrected chi connectivity index (χ1v) is 6.37. The molecule has 16 heavy (non-hydrogen) atoms. The number of amidine groups is 1. The van der Waals surface area contributed by atoms with Gasteiger partial charge in [0, 0.05) is 18.1 Å². The summed E-state index contributed by atoms with van der Waals surface area (Å²) in [6.07, 6.45) is 1.61. The van der Waals surface area contributed by atoms with E-state index < -0.39 is 11.8 Å². The molecule has 8 heteroatoms. The first-order chi connectivity index (χ1) is 7.61. The summed E-state index contributed by atoms with van der Waals surface area (Å²) in [6, 6.07) is 0. The van der Waals surface area contributed by atoms with E-state index in [1.807, 2.05) is 0 Å². The van der Waals surface area contributed by atoms with Crippen LogP contribution in [0.4, 0.5) is 0 Å². The van der Waals surface area contributed by atoms with E-state index in [0.717, 1.165) is 21.8 Å². The Balaban J connectivity index is 2.11. The molecule has 88 valence electrons. The fourth-order valence-electron chi connectivity index (χ4n) is 0.900. The number of aromatic amines is 1.